The Kier molecular flexibility index (Phi) is 5.50. The van der Waals surface area contributed by atoms with Gasteiger partial charge in [-0.15, -0.1) is 0 Å². The number of carbonyl (C=O) groups is 1. The number of nitrogens with zero attached hydrogens (tertiary/aromatic N) is 1. The van der Waals surface area contributed by atoms with Gasteiger partial charge in [0.05, 0.1) is 0 Å². The van der Waals surface area contributed by atoms with Gasteiger partial charge < -0.3 is 11.1 Å². The molecule has 0 radical (unpaired) electrons. The third-order valence-corrected chi connectivity index (χ3v) is 2.35. The van der Waals surface area contributed by atoms with Crippen LogP contribution < -0.4 is 11.1 Å². The van der Waals surface area contributed by atoms with Crippen molar-refractivity contribution < 1.29 is 4.79 Å². The number of aromatic nitrogens is 1. The molecule has 1 unspecified atom stereocenters. The van der Waals surface area contributed by atoms with E-state index in [4.69, 9.17) is 5.73 Å². The molecule has 0 aliphatic carbocycles. The van der Waals surface area contributed by atoms with Gasteiger partial charge in [-0.05, 0) is 24.1 Å². The highest BCUT2D eigenvalue weighted by molar-refractivity contribution is 5.76. The highest BCUT2D eigenvalue weighted by Gasteiger charge is 2.07. The number of hydrogen-bond acceptors (Lipinski definition) is 3. The Balaban J connectivity index is 2.25. The molecule has 1 aromatic rings. The van der Waals surface area contributed by atoms with Gasteiger partial charge in [-0.1, -0.05) is 13.3 Å². The van der Waals surface area contributed by atoms with Crippen LogP contribution in [0.15, 0.2) is 24.5 Å². The number of pyridine rings is 1. The molecule has 0 fully saturated rings. The second-order valence-corrected chi connectivity index (χ2v) is 3.89. The van der Waals surface area contributed by atoms with Crippen molar-refractivity contribution in [2.45, 2.75) is 38.8 Å². The van der Waals surface area contributed by atoms with Crippen LogP contribution in [0.3, 0.4) is 0 Å². The van der Waals surface area contributed by atoms with Crippen molar-refractivity contribution in [1.29, 1.82) is 0 Å². The van der Waals surface area contributed by atoms with Gasteiger partial charge in [-0.2, -0.15) is 0 Å². The van der Waals surface area contributed by atoms with Gasteiger partial charge in [-0.3, -0.25) is 9.78 Å². The van der Waals surface area contributed by atoms with Crippen molar-refractivity contribution in [3.8, 4) is 0 Å². The predicted octanol–water partition coefficient (Wildman–Crippen LogP) is 1.22. The van der Waals surface area contributed by atoms with Crippen LogP contribution in [0.1, 0.15) is 31.7 Å². The predicted molar refractivity (Wildman–Crippen MR) is 63.6 cm³/mol. The Bertz CT molecular complexity index is 313. The highest BCUT2D eigenvalue weighted by Crippen LogP contribution is 1.99. The van der Waals surface area contributed by atoms with E-state index in [9.17, 15) is 4.79 Å². The minimum absolute atomic E-state index is 0.0118. The average Bonchev–Trinajstić information content (AvgIpc) is 2.28. The molecule has 0 aromatic carbocycles. The summed E-state index contributed by atoms with van der Waals surface area (Å²) in [5.74, 6) is 0.0118. The lowest BCUT2D eigenvalue weighted by Gasteiger charge is -2.10. The summed E-state index contributed by atoms with van der Waals surface area (Å²) in [6.45, 7) is 2.61. The van der Waals surface area contributed by atoms with Gasteiger partial charge in [0, 0.05) is 31.4 Å². The van der Waals surface area contributed by atoms with Crippen molar-refractivity contribution in [3.63, 3.8) is 0 Å². The van der Waals surface area contributed by atoms with E-state index in [1.807, 2.05) is 12.1 Å². The largest absolute Gasteiger partial charge is 0.352 e. The van der Waals surface area contributed by atoms with Crippen LogP contribution >= 0.6 is 0 Å². The first-order valence-corrected chi connectivity index (χ1v) is 5.63. The van der Waals surface area contributed by atoms with Gasteiger partial charge in [0.25, 0.3) is 0 Å². The molecule has 3 N–H and O–H groups in total. The van der Waals surface area contributed by atoms with Gasteiger partial charge >= 0.3 is 0 Å². The lowest BCUT2D eigenvalue weighted by molar-refractivity contribution is -0.121. The molecule has 1 amide bonds. The molecule has 1 atom stereocenters. The summed E-state index contributed by atoms with van der Waals surface area (Å²) in [6.07, 6.45) is 5.73. The maximum Gasteiger partial charge on any atom is 0.221 e. The van der Waals surface area contributed by atoms with E-state index in [2.05, 4.69) is 17.2 Å². The van der Waals surface area contributed by atoms with Crippen LogP contribution in [0.25, 0.3) is 0 Å². The molecule has 0 saturated heterocycles. The Morgan fingerprint density at radius 2 is 2.19 bits per heavy atom. The van der Waals surface area contributed by atoms with Crippen LogP contribution in [0.5, 0.6) is 0 Å². The lowest BCUT2D eigenvalue weighted by Crippen LogP contribution is -2.31. The van der Waals surface area contributed by atoms with Crippen molar-refractivity contribution in [2.75, 3.05) is 0 Å². The second-order valence-electron chi connectivity index (χ2n) is 3.89. The number of amides is 1. The molecule has 0 bridgehead atoms. The molecule has 1 rings (SSSR count). The number of nitrogens with two attached hydrogens (primary N) is 1. The van der Waals surface area contributed by atoms with Crippen LogP contribution in [0.2, 0.25) is 0 Å². The molecule has 1 aromatic heterocycles. The fourth-order valence-corrected chi connectivity index (χ4v) is 1.48. The molecular weight excluding hydrogens is 202 g/mol. The molecule has 88 valence electrons. The number of nitrogens with one attached hydrogen (secondary N) is 1. The third-order valence-electron chi connectivity index (χ3n) is 2.35. The molecule has 16 heavy (non-hydrogen) atoms. The van der Waals surface area contributed by atoms with E-state index < -0.39 is 0 Å². The maximum atomic E-state index is 11.5. The van der Waals surface area contributed by atoms with Crippen molar-refractivity contribution in [2.24, 2.45) is 5.73 Å². The van der Waals surface area contributed by atoms with E-state index in [0.29, 0.717) is 13.0 Å². The van der Waals surface area contributed by atoms with E-state index >= 15 is 0 Å². The number of rotatable bonds is 6. The Morgan fingerprint density at radius 1 is 1.50 bits per heavy atom. The standard InChI is InChI=1S/C12H19N3O/c1-2-3-11(13)8-12(16)15-9-10-4-6-14-7-5-10/h4-7,11H,2-3,8-9,13H2,1H3,(H,15,16). The summed E-state index contributed by atoms with van der Waals surface area (Å²) in [4.78, 5) is 15.4. The van der Waals surface area contributed by atoms with E-state index in [0.717, 1.165) is 18.4 Å². The highest BCUT2D eigenvalue weighted by atomic mass is 16.1. The minimum atomic E-state index is -0.0255. The first kappa shape index (κ1) is 12.6. The first-order chi connectivity index (χ1) is 7.72. The zero-order valence-electron chi connectivity index (χ0n) is 9.65. The Morgan fingerprint density at radius 3 is 2.81 bits per heavy atom. The van der Waals surface area contributed by atoms with Gasteiger partial charge in [0.15, 0.2) is 0 Å². The summed E-state index contributed by atoms with van der Waals surface area (Å²) >= 11 is 0. The first-order valence-electron chi connectivity index (χ1n) is 5.63. The minimum Gasteiger partial charge on any atom is -0.352 e. The summed E-state index contributed by atoms with van der Waals surface area (Å²) < 4.78 is 0. The average molecular weight is 221 g/mol. The summed E-state index contributed by atoms with van der Waals surface area (Å²) in [5, 5.41) is 2.84. The van der Waals surface area contributed by atoms with Gasteiger partial charge in [0.1, 0.15) is 0 Å². The summed E-state index contributed by atoms with van der Waals surface area (Å²) in [7, 11) is 0. The fourth-order valence-electron chi connectivity index (χ4n) is 1.48. The summed E-state index contributed by atoms with van der Waals surface area (Å²) in [6, 6.07) is 3.74. The topological polar surface area (TPSA) is 68.0 Å². The molecule has 4 nitrogen and oxygen atoms in total. The smallest absolute Gasteiger partial charge is 0.221 e. The number of carbonyl (C=O) groups excluding carboxylic acids is 1. The zero-order valence-corrected chi connectivity index (χ0v) is 9.65. The molecule has 1 heterocycles. The van der Waals surface area contributed by atoms with Crippen molar-refractivity contribution in [3.05, 3.63) is 30.1 Å². The zero-order chi connectivity index (χ0) is 11.8. The molecule has 0 saturated carbocycles. The monoisotopic (exact) mass is 221 g/mol. The Hall–Kier alpha value is -1.42. The second kappa shape index (κ2) is 6.95. The van der Waals surface area contributed by atoms with Crippen molar-refractivity contribution in [1.82, 2.24) is 10.3 Å². The van der Waals surface area contributed by atoms with Gasteiger partial charge in [0.2, 0.25) is 5.91 Å². The normalized spacial score (nSPS) is 12.1. The van der Waals surface area contributed by atoms with E-state index in [-0.39, 0.29) is 11.9 Å². The van der Waals surface area contributed by atoms with Crippen molar-refractivity contribution >= 4 is 5.91 Å². The third kappa shape index (κ3) is 4.89. The van der Waals surface area contributed by atoms with Gasteiger partial charge in [-0.25, -0.2) is 0 Å². The quantitative estimate of drug-likeness (QED) is 0.758. The van der Waals surface area contributed by atoms with E-state index in [1.54, 1.807) is 12.4 Å². The molecular formula is C12H19N3O. The fraction of sp³-hybridized carbons (Fsp3) is 0.500. The van der Waals surface area contributed by atoms with Crippen LogP contribution in [-0.2, 0) is 11.3 Å². The molecule has 4 heteroatoms. The summed E-state index contributed by atoms with van der Waals surface area (Å²) in [5.41, 5.74) is 6.83. The molecule has 0 spiro atoms. The van der Waals surface area contributed by atoms with Crippen LogP contribution in [0.4, 0.5) is 0 Å². The molecule has 0 aliphatic rings. The van der Waals surface area contributed by atoms with E-state index in [1.165, 1.54) is 0 Å². The van der Waals surface area contributed by atoms with Crippen LogP contribution in [-0.4, -0.2) is 16.9 Å². The maximum absolute atomic E-state index is 11.5. The van der Waals surface area contributed by atoms with Crippen LogP contribution in [0, 0.1) is 0 Å². The Labute approximate surface area is 96.3 Å². The SMILES string of the molecule is CCCC(N)CC(=O)NCc1ccncc1. The number of hydrogen-bond donors (Lipinski definition) is 2. The lowest BCUT2D eigenvalue weighted by atomic mass is 10.1. The molecule has 0 aliphatic heterocycles.